The normalized spacial score (nSPS) is 20.5. The van der Waals surface area contributed by atoms with Gasteiger partial charge in [-0.2, -0.15) is 0 Å². The van der Waals surface area contributed by atoms with Crippen LogP contribution in [0.3, 0.4) is 0 Å². The van der Waals surface area contributed by atoms with Gasteiger partial charge < -0.3 is 0 Å². The summed E-state index contributed by atoms with van der Waals surface area (Å²) < 4.78 is 38.0. The molecule has 0 spiro atoms. The van der Waals surface area contributed by atoms with Crippen molar-refractivity contribution >= 4 is 10.0 Å². The van der Waals surface area contributed by atoms with Gasteiger partial charge in [-0.25, -0.2) is 17.1 Å². The molecule has 1 aromatic rings. The van der Waals surface area contributed by atoms with E-state index in [1.165, 1.54) is 16.4 Å². The standard InChI is InChI=1S/C16H25FN2O2S/c1-18(2)22(20,21)13-5-12-19-11-4-3-6-16(19)14-7-9-15(17)10-8-14/h7-10,16H,3-6,11-13H2,1-2H3/t16-/m1/s1. The summed E-state index contributed by atoms with van der Waals surface area (Å²) in [6, 6.07) is 6.96. The minimum atomic E-state index is -3.13. The fourth-order valence-corrected chi connectivity index (χ4v) is 3.81. The number of likely N-dealkylation sites (tertiary alicyclic amines) is 1. The lowest BCUT2D eigenvalue weighted by atomic mass is 9.95. The summed E-state index contributed by atoms with van der Waals surface area (Å²) in [6.45, 7) is 1.74. The molecule has 2 rings (SSSR count). The van der Waals surface area contributed by atoms with Crippen molar-refractivity contribution in [2.24, 2.45) is 0 Å². The predicted octanol–water partition coefficient (Wildman–Crippen LogP) is 2.63. The van der Waals surface area contributed by atoms with E-state index >= 15 is 0 Å². The molecule has 1 fully saturated rings. The van der Waals surface area contributed by atoms with Gasteiger partial charge in [0.25, 0.3) is 0 Å². The second kappa shape index (κ2) is 7.53. The molecule has 0 unspecified atom stereocenters. The van der Waals surface area contributed by atoms with Crippen LogP contribution >= 0.6 is 0 Å². The van der Waals surface area contributed by atoms with Gasteiger partial charge in [-0.1, -0.05) is 18.6 Å². The van der Waals surface area contributed by atoms with E-state index in [0.29, 0.717) is 6.42 Å². The van der Waals surface area contributed by atoms with Crippen molar-refractivity contribution in [3.63, 3.8) is 0 Å². The fraction of sp³-hybridized carbons (Fsp3) is 0.625. The third kappa shape index (κ3) is 4.51. The number of hydrogen-bond donors (Lipinski definition) is 0. The topological polar surface area (TPSA) is 40.6 Å². The maximum absolute atomic E-state index is 13.1. The van der Waals surface area contributed by atoms with Crippen molar-refractivity contribution in [3.05, 3.63) is 35.6 Å². The molecule has 1 saturated heterocycles. The second-order valence-electron chi connectivity index (χ2n) is 6.05. The first-order chi connectivity index (χ1) is 10.4. The molecule has 0 bridgehead atoms. The van der Waals surface area contributed by atoms with Crippen molar-refractivity contribution in [3.8, 4) is 0 Å². The van der Waals surface area contributed by atoms with Crippen LogP contribution in [0.25, 0.3) is 0 Å². The lowest BCUT2D eigenvalue weighted by Crippen LogP contribution is -2.35. The Labute approximate surface area is 133 Å². The Morgan fingerprint density at radius 2 is 1.91 bits per heavy atom. The Balaban J connectivity index is 1.97. The zero-order valence-corrected chi connectivity index (χ0v) is 14.2. The van der Waals surface area contributed by atoms with Gasteiger partial charge in [-0.05, 0) is 50.0 Å². The first kappa shape index (κ1) is 17.4. The van der Waals surface area contributed by atoms with E-state index in [0.717, 1.165) is 37.9 Å². The smallest absolute Gasteiger partial charge is 0.213 e. The molecule has 1 aliphatic heterocycles. The monoisotopic (exact) mass is 328 g/mol. The van der Waals surface area contributed by atoms with Gasteiger partial charge >= 0.3 is 0 Å². The quantitative estimate of drug-likeness (QED) is 0.806. The zero-order chi connectivity index (χ0) is 16.2. The highest BCUT2D eigenvalue weighted by Crippen LogP contribution is 2.31. The fourth-order valence-electron chi connectivity index (χ4n) is 2.95. The van der Waals surface area contributed by atoms with Gasteiger partial charge in [0.05, 0.1) is 5.75 Å². The molecule has 0 amide bonds. The molecule has 0 aromatic heterocycles. The number of nitrogens with zero attached hydrogens (tertiary/aromatic N) is 2. The number of sulfonamides is 1. The summed E-state index contributed by atoms with van der Waals surface area (Å²) in [5, 5.41) is 0. The molecule has 1 aliphatic rings. The van der Waals surface area contributed by atoms with Crippen LogP contribution in [0.2, 0.25) is 0 Å². The molecule has 124 valence electrons. The highest BCUT2D eigenvalue weighted by atomic mass is 32.2. The van der Waals surface area contributed by atoms with E-state index in [2.05, 4.69) is 4.90 Å². The van der Waals surface area contributed by atoms with E-state index in [1.54, 1.807) is 14.1 Å². The number of hydrogen-bond acceptors (Lipinski definition) is 3. The molecule has 0 N–H and O–H groups in total. The summed E-state index contributed by atoms with van der Waals surface area (Å²) >= 11 is 0. The van der Waals surface area contributed by atoms with Crippen molar-refractivity contribution in [2.45, 2.75) is 31.7 Å². The van der Waals surface area contributed by atoms with Crippen LogP contribution in [-0.2, 0) is 10.0 Å². The molecule has 4 nitrogen and oxygen atoms in total. The van der Waals surface area contributed by atoms with Crippen molar-refractivity contribution in [1.82, 2.24) is 9.21 Å². The lowest BCUT2D eigenvalue weighted by molar-refractivity contribution is 0.149. The molecule has 22 heavy (non-hydrogen) atoms. The van der Waals surface area contributed by atoms with Crippen LogP contribution < -0.4 is 0 Å². The molecule has 0 aliphatic carbocycles. The van der Waals surface area contributed by atoms with Gasteiger partial charge in [-0.15, -0.1) is 0 Å². The van der Waals surface area contributed by atoms with Crippen LogP contribution in [0.4, 0.5) is 4.39 Å². The van der Waals surface area contributed by atoms with E-state index < -0.39 is 10.0 Å². The number of halogens is 1. The Hall–Kier alpha value is -0.980. The Morgan fingerprint density at radius 1 is 1.23 bits per heavy atom. The SMILES string of the molecule is CN(C)S(=O)(=O)CCCN1CCCC[C@@H]1c1ccc(F)cc1. The van der Waals surface area contributed by atoms with Crippen LogP contribution in [0.5, 0.6) is 0 Å². The zero-order valence-electron chi connectivity index (χ0n) is 13.3. The maximum atomic E-state index is 13.1. The first-order valence-corrected chi connectivity index (χ1v) is 9.41. The molecular formula is C16H25FN2O2S. The van der Waals surface area contributed by atoms with Crippen molar-refractivity contribution in [2.75, 3.05) is 32.9 Å². The number of rotatable bonds is 6. The van der Waals surface area contributed by atoms with Crippen molar-refractivity contribution in [1.29, 1.82) is 0 Å². The predicted molar refractivity (Wildman–Crippen MR) is 86.7 cm³/mol. The lowest BCUT2D eigenvalue weighted by Gasteiger charge is -2.36. The van der Waals surface area contributed by atoms with E-state index in [9.17, 15) is 12.8 Å². The minimum Gasteiger partial charge on any atom is -0.296 e. The van der Waals surface area contributed by atoms with Gasteiger partial charge in [0.1, 0.15) is 5.82 Å². The molecule has 0 saturated carbocycles. The van der Waals surface area contributed by atoms with Crippen LogP contribution in [0, 0.1) is 5.82 Å². The highest BCUT2D eigenvalue weighted by Gasteiger charge is 2.24. The van der Waals surface area contributed by atoms with Gasteiger partial charge in [-0.3, -0.25) is 4.90 Å². The average molecular weight is 328 g/mol. The van der Waals surface area contributed by atoms with E-state index in [1.807, 2.05) is 12.1 Å². The van der Waals surface area contributed by atoms with E-state index in [-0.39, 0.29) is 17.6 Å². The number of benzene rings is 1. The molecule has 1 aromatic carbocycles. The molecule has 1 heterocycles. The largest absolute Gasteiger partial charge is 0.296 e. The van der Waals surface area contributed by atoms with E-state index in [4.69, 9.17) is 0 Å². The third-order valence-electron chi connectivity index (χ3n) is 4.27. The Kier molecular flexibility index (Phi) is 5.94. The summed E-state index contributed by atoms with van der Waals surface area (Å²) in [7, 11) is 0.00436. The Morgan fingerprint density at radius 3 is 2.55 bits per heavy atom. The molecule has 1 atom stereocenters. The van der Waals surface area contributed by atoms with Gasteiger partial charge in [0, 0.05) is 20.1 Å². The summed E-state index contributed by atoms with van der Waals surface area (Å²) in [5.74, 6) is -0.0460. The van der Waals surface area contributed by atoms with Crippen LogP contribution in [0.1, 0.15) is 37.3 Å². The summed E-state index contributed by atoms with van der Waals surface area (Å²) in [6.07, 6.45) is 3.97. The highest BCUT2D eigenvalue weighted by molar-refractivity contribution is 7.89. The summed E-state index contributed by atoms with van der Waals surface area (Å²) in [5.41, 5.74) is 1.12. The third-order valence-corrected chi connectivity index (χ3v) is 6.19. The summed E-state index contributed by atoms with van der Waals surface area (Å²) in [4.78, 5) is 2.34. The van der Waals surface area contributed by atoms with Crippen LogP contribution in [0.15, 0.2) is 24.3 Å². The van der Waals surface area contributed by atoms with Crippen LogP contribution in [-0.4, -0.2) is 50.6 Å². The molecule has 0 radical (unpaired) electrons. The minimum absolute atomic E-state index is 0.173. The van der Waals surface area contributed by atoms with Gasteiger partial charge in [0.2, 0.25) is 10.0 Å². The number of piperidine rings is 1. The van der Waals surface area contributed by atoms with Gasteiger partial charge in [0.15, 0.2) is 0 Å². The van der Waals surface area contributed by atoms with Crippen molar-refractivity contribution < 1.29 is 12.8 Å². The molecular weight excluding hydrogens is 303 g/mol. The average Bonchev–Trinajstić information content (AvgIpc) is 2.48. The first-order valence-electron chi connectivity index (χ1n) is 7.80. The maximum Gasteiger partial charge on any atom is 0.213 e. The molecule has 6 heteroatoms. The Bertz CT molecular complexity index is 572. The second-order valence-corrected chi connectivity index (χ2v) is 8.35.